The van der Waals surface area contributed by atoms with E-state index >= 15 is 0 Å². The second-order valence-corrected chi connectivity index (χ2v) is 7.63. The number of carbonyl (C=O) groups excluding carboxylic acids is 1. The van der Waals surface area contributed by atoms with Crippen LogP contribution in [0.5, 0.6) is 0 Å². The summed E-state index contributed by atoms with van der Waals surface area (Å²) in [6.45, 7) is 13.7. The van der Waals surface area contributed by atoms with Gasteiger partial charge in [-0.1, -0.05) is 40.5 Å². The molecule has 0 unspecified atom stereocenters. The van der Waals surface area contributed by atoms with Gasteiger partial charge in [-0.3, -0.25) is 4.79 Å². The van der Waals surface area contributed by atoms with Crippen LogP contribution in [0.2, 0.25) is 0 Å². The van der Waals surface area contributed by atoms with Crippen LogP contribution >= 0.6 is 0 Å². The van der Waals surface area contributed by atoms with Crippen LogP contribution in [0.15, 0.2) is 46.6 Å². The van der Waals surface area contributed by atoms with Crippen molar-refractivity contribution >= 4 is 5.91 Å². The molecule has 0 spiro atoms. The molecule has 0 aromatic carbocycles. The molecule has 0 aliphatic rings. The Bertz CT molecular complexity index is 549. The van der Waals surface area contributed by atoms with Crippen molar-refractivity contribution in [2.45, 2.75) is 80.1 Å². The van der Waals surface area contributed by atoms with Crippen molar-refractivity contribution in [2.75, 3.05) is 19.7 Å². The van der Waals surface area contributed by atoms with Gasteiger partial charge in [-0.15, -0.1) is 0 Å². The number of likely N-dealkylation sites (N-methyl/N-ethyl adjacent to an activating group) is 1. The molecule has 0 aliphatic carbocycles. The van der Waals surface area contributed by atoms with E-state index in [1.54, 1.807) is 11.0 Å². The van der Waals surface area contributed by atoms with Crippen molar-refractivity contribution in [1.29, 1.82) is 0 Å². The number of hydrogen-bond donors (Lipinski definition) is 1. The van der Waals surface area contributed by atoms with Crippen molar-refractivity contribution in [3.05, 3.63) is 46.6 Å². The standard InChI is InChI=1S/C24H41NO2/c1-7-25(17-18-26)24(27)19-23(6)16-10-15-22(5)14-9-13-21(4)12-8-11-20(2)3/h11,13,15,19,26H,7-10,12,14,16-18H2,1-6H3/b21-13+,22-15+,23-19+. The number of carbonyl (C=O) groups is 1. The van der Waals surface area contributed by atoms with Crippen LogP contribution < -0.4 is 0 Å². The van der Waals surface area contributed by atoms with Crippen molar-refractivity contribution in [3.8, 4) is 0 Å². The quantitative estimate of drug-likeness (QED) is 0.318. The Labute approximate surface area is 167 Å². The highest BCUT2D eigenvalue weighted by Gasteiger charge is 2.07. The van der Waals surface area contributed by atoms with Crippen LogP contribution in [0.25, 0.3) is 0 Å². The highest BCUT2D eigenvalue weighted by atomic mass is 16.3. The van der Waals surface area contributed by atoms with Crippen LogP contribution in [-0.4, -0.2) is 35.6 Å². The fraction of sp³-hybridized carbons (Fsp3) is 0.625. The summed E-state index contributed by atoms with van der Waals surface area (Å²) in [4.78, 5) is 13.8. The van der Waals surface area contributed by atoms with Gasteiger partial charge in [-0.25, -0.2) is 0 Å². The lowest BCUT2D eigenvalue weighted by Crippen LogP contribution is -2.32. The molecule has 27 heavy (non-hydrogen) atoms. The van der Waals surface area contributed by atoms with Gasteiger partial charge >= 0.3 is 0 Å². The average molecular weight is 376 g/mol. The van der Waals surface area contributed by atoms with E-state index in [1.165, 1.54) is 16.7 Å². The molecule has 0 saturated carbocycles. The molecule has 0 heterocycles. The number of amides is 1. The number of hydrogen-bond acceptors (Lipinski definition) is 2. The second kappa shape index (κ2) is 15.4. The minimum absolute atomic E-state index is 0.00141. The molecule has 3 nitrogen and oxygen atoms in total. The molecule has 0 radical (unpaired) electrons. The normalized spacial score (nSPS) is 12.9. The Balaban J connectivity index is 4.25. The molecule has 0 fully saturated rings. The third-order valence-electron chi connectivity index (χ3n) is 4.59. The van der Waals surface area contributed by atoms with Crippen LogP contribution in [-0.2, 0) is 4.79 Å². The molecule has 0 rings (SSSR count). The third-order valence-corrected chi connectivity index (χ3v) is 4.59. The Hall–Kier alpha value is -1.61. The van der Waals surface area contributed by atoms with Gasteiger partial charge in [0.05, 0.1) is 6.61 Å². The van der Waals surface area contributed by atoms with E-state index < -0.39 is 0 Å². The summed E-state index contributed by atoms with van der Waals surface area (Å²) in [6.07, 6.45) is 15.0. The maximum Gasteiger partial charge on any atom is 0.246 e. The summed E-state index contributed by atoms with van der Waals surface area (Å²) in [5, 5.41) is 8.99. The molecule has 0 bridgehead atoms. The Kier molecular flexibility index (Phi) is 14.5. The fourth-order valence-electron chi connectivity index (χ4n) is 2.80. The monoisotopic (exact) mass is 375 g/mol. The van der Waals surface area contributed by atoms with Crippen LogP contribution in [0.4, 0.5) is 0 Å². The van der Waals surface area contributed by atoms with Crippen molar-refractivity contribution in [1.82, 2.24) is 4.90 Å². The second-order valence-electron chi connectivity index (χ2n) is 7.63. The number of aliphatic hydroxyl groups excluding tert-OH is 1. The fourth-order valence-corrected chi connectivity index (χ4v) is 2.80. The van der Waals surface area contributed by atoms with E-state index in [0.717, 1.165) is 44.1 Å². The van der Waals surface area contributed by atoms with Gasteiger partial charge in [-0.2, -0.15) is 0 Å². The number of allylic oxidation sites excluding steroid dienone is 7. The lowest BCUT2D eigenvalue weighted by Gasteiger charge is -2.17. The molecular weight excluding hydrogens is 334 g/mol. The zero-order chi connectivity index (χ0) is 20.7. The van der Waals surface area contributed by atoms with Gasteiger partial charge in [-0.05, 0) is 80.1 Å². The summed E-state index contributed by atoms with van der Waals surface area (Å²) in [7, 11) is 0. The molecule has 0 atom stereocenters. The Morgan fingerprint density at radius 3 is 1.74 bits per heavy atom. The molecule has 154 valence electrons. The summed E-state index contributed by atoms with van der Waals surface area (Å²) in [5.41, 5.74) is 5.37. The SMILES string of the molecule is CCN(CCO)C(=O)/C=C(\C)CC/C=C(\C)CC/C=C(\C)CCC=C(C)C. The van der Waals surface area contributed by atoms with E-state index in [-0.39, 0.29) is 12.5 Å². The summed E-state index contributed by atoms with van der Waals surface area (Å²) in [6, 6.07) is 0. The number of nitrogens with zero attached hydrogens (tertiary/aromatic N) is 1. The zero-order valence-electron chi connectivity index (χ0n) is 18.5. The van der Waals surface area contributed by atoms with E-state index in [0.29, 0.717) is 13.1 Å². The molecule has 0 aromatic rings. The van der Waals surface area contributed by atoms with Crippen molar-refractivity contribution in [3.63, 3.8) is 0 Å². The van der Waals surface area contributed by atoms with E-state index in [9.17, 15) is 4.79 Å². The van der Waals surface area contributed by atoms with Crippen LogP contribution in [0.1, 0.15) is 80.1 Å². The topological polar surface area (TPSA) is 40.5 Å². The highest BCUT2D eigenvalue weighted by Crippen LogP contribution is 2.13. The lowest BCUT2D eigenvalue weighted by atomic mass is 10.0. The average Bonchev–Trinajstić information content (AvgIpc) is 2.59. The first-order chi connectivity index (χ1) is 12.8. The van der Waals surface area contributed by atoms with Crippen LogP contribution in [0, 0.1) is 0 Å². The van der Waals surface area contributed by atoms with Crippen molar-refractivity contribution < 1.29 is 9.90 Å². The molecule has 1 amide bonds. The maximum absolute atomic E-state index is 12.1. The summed E-state index contributed by atoms with van der Waals surface area (Å²) in [5.74, 6) is -0.00141. The van der Waals surface area contributed by atoms with Gasteiger partial charge in [0, 0.05) is 19.2 Å². The van der Waals surface area contributed by atoms with Gasteiger partial charge in [0.1, 0.15) is 0 Å². The van der Waals surface area contributed by atoms with E-state index in [2.05, 4.69) is 45.9 Å². The predicted molar refractivity (Wildman–Crippen MR) is 118 cm³/mol. The Morgan fingerprint density at radius 1 is 0.815 bits per heavy atom. The molecule has 3 heteroatoms. The smallest absolute Gasteiger partial charge is 0.246 e. The lowest BCUT2D eigenvalue weighted by molar-refractivity contribution is -0.126. The van der Waals surface area contributed by atoms with E-state index in [1.807, 2.05) is 13.8 Å². The first-order valence-corrected chi connectivity index (χ1v) is 10.3. The minimum Gasteiger partial charge on any atom is -0.395 e. The number of rotatable bonds is 13. The first kappa shape index (κ1) is 25.4. The number of aliphatic hydroxyl groups is 1. The van der Waals surface area contributed by atoms with Gasteiger partial charge in [0.25, 0.3) is 0 Å². The summed E-state index contributed by atoms with van der Waals surface area (Å²) >= 11 is 0. The zero-order valence-corrected chi connectivity index (χ0v) is 18.5. The highest BCUT2D eigenvalue weighted by molar-refractivity contribution is 5.88. The predicted octanol–water partition coefficient (Wildman–Crippen LogP) is 5.97. The molecule has 0 saturated heterocycles. The largest absolute Gasteiger partial charge is 0.395 e. The van der Waals surface area contributed by atoms with Gasteiger partial charge in [0.15, 0.2) is 0 Å². The van der Waals surface area contributed by atoms with Crippen molar-refractivity contribution in [2.24, 2.45) is 0 Å². The molecule has 0 aromatic heterocycles. The summed E-state index contributed by atoms with van der Waals surface area (Å²) < 4.78 is 0. The van der Waals surface area contributed by atoms with Gasteiger partial charge in [0.2, 0.25) is 5.91 Å². The first-order valence-electron chi connectivity index (χ1n) is 10.3. The third kappa shape index (κ3) is 14.2. The molecular formula is C24H41NO2. The maximum atomic E-state index is 12.1. The van der Waals surface area contributed by atoms with E-state index in [4.69, 9.17) is 5.11 Å². The minimum atomic E-state index is -0.00141. The Morgan fingerprint density at radius 2 is 1.30 bits per heavy atom. The molecule has 0 aliphatic heterocycles. The van der Waals surface area contributed by atoms with Gasteiger partial charge < -0.3 is 10.0 Å². The molecule has 1 N–H and O–H groups in total. The van der Waals surface area contributed by atoms with Crippen LogP contribution in [0.3, 0.4) is 0 Å².